The van der Waals surface area contributed by atoms with Crippen molar-refractivity contribution in [3.63, 3.8) is 0 Å². The third kappa shape index (κ3) is 9.22. The molecular formula is C10H20N2O2. The van der Waals surface area contributed by atoms with E-state index in [1.807, 2.05) is 6.08 Å². The molecule has 82 valence electrons. The minimum absolute atomic E-state index is 0.0603. The lowest BCUT2D eigenvalue weighted by atomic mass is 10.4. The Morgan fingerprint density at radius 2 is 2.21 bits per heavy atom. The number of hydrogen-bond acceptors (Lipinski definition) is 3. The third-order valence-corrected chi connectivity index (χ3v) is 1.70. The van der Waals surface area contributed by atoms with Crippen molar-refractivity contribution in [3.05, 3.63) is 12.7 Å². The minimum Gasteiger partial charge on any atom is -0.380 e. The first-order chi connectivity index (χ1) is 6.81. The highest BCUT2D eigenvalue weighted by Gasteiger charge is 1.95. The highest BCUT2D eigenvalue weighted by Crippen LogP contribution is 1.82. The van der Waals surface area contributed by atoms with E-state index in [4.69, 9.17) is 4.74 Å². The second-order valence-electron chi connectivity index (χ2n) is 2.86. The van der Waals surface area contributed by atoms with Crippen LogP contribution in [0.2, 0.25) is 0 Å². The van der Waals surface area contributed by atoms with E-state index < -0.39 is 0 Å². The van der Waals surface area contributed by atoms with E-state index in [-0.39, 0.29) is 5.91 Å². The van der Waals surface area contributed by atoms with E-state index in [1.54, 1.807) is 7.05 Å². The summed E-state index contributed by atoms with van der Waals surface area (Å²) in [5, 5.41) is 5.68. The second kappa shape index (κ2) is 10.2. The van der Waals surface area contributed by atoms with Crippen molar-refractivity contribution < 1.29 is 9.53 Å². The van der Waals surface area contributed by atoms with Gasteiger partial charge in [-0.3, -0.25) is 4.79 Å². The van der Waals surface area contributed by atoms with Crippen LogP contribution in [0, 0.1) is 0 Å². The molecule has 0 fully saturated rings. The molecule has 0 aliphatic heterocycles. The summed E-state index contributed by atoms with van der Waals surface area (Å²) in [4.78, 5) is 10.8. The molecule has 1 amide bonds. The Balaban J connectivity index is 2.98. The summed E-state index contributed by atoms with van der Waals surface area (Å²) >= 11 is 0. The first-order valence-corrected chi connectivity index (χ1v) is 4.91. The lowest BCUT2D eigenvalue weighted by Gasteiger charge is -2.04. The van der Waals surface area contributed by atoms with Gasteiger partial charge in [0, 0.05) is 26.6 Å². The maximum Gasteiger partial charge on any atom is 0.221 e. The van der Waals surface area contributed by atoms with E-state index in [9.17, 15) is 4.79 Å². The topological polar surface area (TPSA) is 50.4 Å². The van der Waals surface area contributed by atoms with Crippen molar-refractivity contribution >= 4 is 5.91 Å². The second-order valence-corrected chi connectivity index (χ2v) is 2.86. The summed E-state index contributed by atoms with van der Waals surface area (Å²) in [7, 11) is 1.64. The minimum atomic E-state index is 0.0603. The molecule has 0 aliphatic rings. The average molecular weight is 200 g/mol. The van der Waals surface area contributed by atoms with Gasteiger partial charge in [0.15, 0.2) is 0 Å². The van der Waals surface area contributed by atoms with E-state index in [2.05, 4.69) is 17.2 Å². The fourth-order valence-corrected chi connectivity index (χ4v) is 0.865. The Hall–Kier alpha value is -0.870. The van der Waals surface area contributed by atoms with Gasteiger partial charge in [-0.1, -0.05) is 6.08 Å². The van der Waals surface area contributed by atoms with Crippen LogP contribution in [0.25, 0.3) is 0 Å². The van der Waals surface area contributed by atoms with Gasteiger partial charge >= 0.3 is 0 Å². The molecule has 0 aliphatic carbocycles. The van der Waals surface area contributed by atoms with Gasteiger partial charge in [-0.05, 0) is 6.42 Å². The normalized spacial score (nSPS) is 9.79. The Morgan fingerprint density at radius 3 is 2.86 bits per heavy atom. The van der Waals surface area contributed by atoms with Gasteiger partial charge in [0.05, 0.1) is 13.2 Å². The van der Waals surface area contributed by atoms with Gasteiger partial charge in [0.25, 0.3) is 0 Å². The van der Waals surface area contributed by atoms with E-state index in [1.165, 1.54) is 0 Å². The highest BCUT2D eigenvalue weighted by molar-refractivity contribution is 5.75. The molecule has 4 nitrogen and oxygen atoms in total. The lowest BCUT2D eigenvalue weighted by Crippen LogP contribution is -2.26. The fourth-order valence-electron chi connectivity index (χ4n) is 0.865. The lowest BCUT2D eigenvalue weighted by molar-refractivity contribution is -0.120. The molecule has 0 aromatic carbocycles. The summed E-state index contributed by atoms with van der Waals surface area (Å²) in [6.07, 6.45) is 3.24. The number of nitrogens with one attached hydrogen (secondary N) is 2. The Morgan fingerprint density at radius 1 is 1.43 bits per heavy atom. The van der Waals surface area contributed by atoms with Crippen molar-refractivity contribution in [3.8, 4) is 0 Å². The maximum absolute atomic E-state index is 10.8. The van der Waals surface area contributed by atoms with E-state index >= 15 is 0 Å². The number of carbonyl (C=O) groups is 1. The molecule has 0 heterocycles. The number of carbonyl (C=O) groups excluding carboxylic acids is 1. The summed E-state index contributed by atoms with van der Waals surface area (Å²) in [5.74, 6) is 0.0603. The molecule has 0 radical (unpaired) electrons. The molecule has 14 heavy (non-hydrogen) atoms. The standard InChI is InChI=1S/C10H20N2O2/c1-3-4-8-14-9-7-12-6-5-10(13)11-2/h3,12H,1,4-9H2,2H3,(H,11,13). The van der Waals surface area contributed by atoms with Crippen LogP contribution < -0.4 is 10.6 Å². The van der Waals surface area contributed by atoms with Crippen molar-refractivity contribution in [2.24, 2.45) is 0 Å². The number of rotatable bonds is 9. The summed E-state index contributed by atoms with van der Waals surface area (Å²) in [5.41, 5.74) is 0. The number of hydrogen-bond donors (Lipinski definition) is 2. The monoisotopic (exact) mass is 200 g/mol. The molecule has 0 aromatic rings. The smallest absolute Gasteiger partial charge is 0.221 e. The molecule has 0 spiro atoms. The van der Waals surface area contributed by atoms with Gasteiger partial charge in [-0.25, -0.2) is 0 Å². The zero-order valence-electron chi connectivity index (χ0n) is 8.84. The number of amides is 1. The molecule has 0 saturated carbocycles. The quantitative estimate of drug-likeness (QED) is 0.416. The van der Waals surface area contributed by atoms with Gasteiger partial charge in [0.1, 0.15) is 0 Å². The third-order valence-electron chi connectivity index (χ3n) is 1.70. The zero-order valence-corrected chi connectivity index (χ0v) is 8.84. The highest BCUT2D eigenvalue weighted by atomic mass is 16.5. The Labute approximate surface area is 85.7 Å². The van der Waals surface area contributed by atoms with E-state index in [0.29, 0.717) is 19.6 Å². The summed E-state index contributed by atoms with van der Waals surface area (Å²) < 4.78 is 5.27. The fraction of sp³-hybridized carbons (Fsp3) is 0.700. The molecule has 0 saturated heterocycles. The summed E-state index contributed by atoms with van der Waals surface area (Å²) in [6, 6.07) is 0. The maximum atomic E-state index is 10.8. The largest absolute Gasteiger partial charge is 0.380 e. The molecule has 4 heteroatoms. The van der Waals surface area contributed by atoms with Crippen LogP contribution in [0.5, 0.6) is 0 Å². The Bertz CT molecular complexity index is 160. The van der Waals surface area contributed by atoms with Gasteiger partial charge in [0.2, 0.25) is 5.91 Å². The van der Waals surface area contributed by atoms with Gasteiger partial charge in [-0.15, -0.1) is 6.58 Å². The first kappa shape index (κ1) is 13.1. The zero-order chi connectivity index (χ0) is 10.6. The van der Waals surface area contributed by atoms with Crippen LogP contribution in [0.1, 0.15) is 12.8 Å². The molecule has 2 N–H and O–H groups in total. The van der Waals surface area contributed by atoms with Crippen LogP contribution in [0.4, 0.5) is 0 Å². The van der Waals surface area contributed by atoms with Gasteiger partial charge in [-0.2, -0.15) is 0 Å². The average Bonchev–Trinajstić information content (AvgIpc) is 2.21. The molecule has 0 bridgehead atoms. The molecule has 0 aromatic heterocycles. The van der Waals surface area contributed by atoms with Crippen LogP contribution in [-0.4, -0.2) is 39.3 Å². The molecule has 0 rings (SSSR count). The van der Waals surface area contributed by atoms with Crippen molar-refractivity contribution in [2.45, 2.75) is 12.8 Å². The van der Waals surface area contributed by atoms with Crippen LogP contribution >= 0.6 is 0 Å². The van der Waals surface area contributed by atoms with Crippen LogP contribution in [-0.2, 0) is 9.53 Å². The predicted octanol–water partition coefficient (Wildman–Crippen LogP) is 0.305. The van der Waals surface area contributed by atoms with Crippen molar-refractivity contribution in [2.75, 3.05) is 33.4 Å². The van der Waals surface area contributed by atoms with Crippen molar-refractivity contribution in [1.29, 1.82) is 0 Å². The van der Waals surface area contributed by atoms with Gasteiger partial charge < -0.3 is 15.4 Å². The first-order valence-electron chi connectivity index (χ1n) is 4.91. The van der Waals surface area contributed by atoms with Crippen LogP contribution in [0.3, 0.4) is 0 Å². The number of ether oxygens (including phenoxy) is 1. The predicted molar refractivity (Wildman–Crippen MR) is 57.2 cm³/mol. The Kier molecular flexibility index (Phi) is 9.58. The SMILES string of the molecule is C=CCCOCCNCCC(=O)NC. The van der Waals surface area contributed by atoms with Crippen molar-refractivity contribution in [1.82, 2.24) is 10.6 Å². The summed E-state index contributed by atoms with van der Waals surface area (Å²) in [6.45, 7) is 6.49. The molecular weight excluding hydrogens is 180 g/mol. The molecule has 0 unspecified atom stereocenters. The van der Waals surface area contributed by atoms with E-state index in [0.717, 1.165) is 19.6 Å². The molecule has 0 atom stereocenters. The van der Waals surface area contributed by atoms with Crippen LogP contribution in [0.15, 0.2) is 12.7 Å².